The number of methoxy groups -OCH3 is 5. The Morgan fingerprint density at radius 1 is 0.833 bits per heavy atom. The number of ether oxygens (including phenoxy) is 5. The fraction of sp³-hybridized carbons (Fsp3) is 0.370. The number of anilines is 2. The molecule has 1 aromatic heterocycles. The van der Waals surface area contributed by atoms with Crippen LogP contribution in [0.4, 0.5) is 10.7 Å². The van der Waals surface area contributed by atoms with E-state index in [1.54, 1.807) is 71.2 Å². The number of fused-ring (bicyclic) bond motifs is 1. The Kier molecular flexibility index (Phi) is 8.10. The molecule has 192 valence electrons. The van der Waals surface area contributed by atoms with Gasteiger partial charge in [0, 0.05) is 29.1 Å². The zero-order valence-electron chi connectivity index (χ0n) is 21.3. The molecule has 0 spiro atoms. The van der Waals surface area contributed by atoms with Crippen LogP contribution in [0.15, 0.2) is 30.3 Å². The van der Waals surface area contributed by atoms with Crippen LogP contribution >= 0.6 is 11.3 Å². The molecular weight excluding hydrogens is 480 g/mol. The van der Waals surface area contributed by atoms with Crippen molar-refractivity contribution in [2.45, 2.75) is 32.2 Å². The number of rotatable bonds is 10. The van der Waals surface area contributed by atoms with E-state index in [1.807, 2.05) is 6.07 Å². The highest BCUT2D eigenvalue weighted by Gasteiger charge is 2.26. The van der Waals surface area contributed by atoms with Crippen LogP contribution in [0.3, 0.4) is 0 Å². The van der Waals surface area contributed by atoms with Gasteiger partial charge in [-0.1, -0.05) is 0 Å². The quantitative estimate of drug-likeness (QED) is 0.369. The third-order valence-corrected chi connectivity index (χ3v) is 7.53. The van der Waals surface area contributed by atoms with Crippen LogP contribution in [0.2, 0.25) is 0 Å². The lowest BCUT2D eigenvalue weighted by Gasteiger charge is -2.16. The van der Waals surface area contributed by atoms with Gasteiger partial charge in [-0.25, -0.2) is 0 Å². The van der Waals surface area contributed by atoms with Gasteiger partial charge in [-0.3, -0.25) is 4.79 Å². The minimum atomic E-state index is -0.178. The van der Waals surface area contributed by atoms with Gasteiger partial charge < -0.3 is 34.3 Å². The average molecular weight is 513 g/mol. The number of amides is 1. The van der Waals surface area contributed by atoms with Gasteiger partial charge in [-0.05, 0) is 49.4 Å². The van der Waals surface area contributed by atoms with Crippen LogP contribution in [0.1, 0.15) is 39.2 Å². The molecule has 4 rings (SSSR count). The second-order valence-electron chi connectivity index (χ2n) is 8.31. The fourth-order valence-corrected chi connectivity index (χ4v) is 5.72. The molecule has 3 aromatic rings. The van der Waals surface area contributed by atoms with Crippen LogP contribution in [0.5, 0.6) is 28.7 Å². The van der Waals surface area contributed by atoms with Crippen LogP contribution in [0.25, 0.3) is 0 Å². The standard InChI is InChI=1S/C27H32N2O6S/c1-31-17-10-11-20(32-2)19(13-17)29-26(30)25-18-8-6-7-9-24(18)36-27(25)28-15-16-12-22(34-4)23(35-5)14-21(16)33-3/h10-14,28H,6-9,15H2,1-5H3,(H,29,30). The molecule has 0 bridgehead atoms. The van der Waals surface area contributed by atoms with Crippen LogP contribution in [0, 0.1) is 0 Å². The number of hydrogen-bond acceptors (Lipinski definition) is 8. The maximum absolute atomic E-state index is 13.7. The Morgan fingerprint density at radius 2 is 1.53 bits per heavy atom. The molecule has 0 saturated heterocycles. The monoisotopic (exact) mass is 512 g/mol. The summed E-state index contributed by atoms with van der Waals surface area (Å²) in [4.78, 5) is 14.9. The molecule has 2 N–H and O–H groups in total. The first-order valence-corrected chi connectivity index (χ1v) is 12.5. The van der Waals surface area contributed by atoms with E-state index in [0.717, 1.165) is 41.8 Å². The molecule has 0 saturated carbocycles. The van der Waals surface area contributed by atoms with E-state index in [0.29, 0.717) is 46.5 Å². The van der Waals surface area contributed by atoms with Gasteiger partial charge in [0.2, 0.25) is 0 Å². The molecule has 0 unspecified atom stereocenters. The molecule has 36 heavy (non-hydrogen) atoms. The van der Waals surface area contributed by atoms with Crippen molar-refractivity contribution in [2.24, 2.45) is 0 Å². The highest BCUT2D eigenvalue weighted by Crippen LogP contribution is 2.41. The number of benzene rings is 2. The zero-order valence-corrected chi connectivity index (χ0v) is 22.1. The SMILES string of the molecule is COc1ccc(OC)c(NC(=O)c2c(NCc3cc(OC)c(OC)cc3OC)sc3c2CCCC3)c1. The summed E-state index contributed by atoms with van der Waals surface area (Å²) in [6.45, 7) is 0.450. The number of carbonyl (C=O) groups excluding carboxylic acids is 1. The molecular formula is C27H32N2O6S. The lowest BCUT2D eigenvalue weighted by molar-refractivity contribution is 0.102. The van der Waals surface area contributed by atoms with Gasteiger partial charge in [0.15, 0.2) is 11.5 Å². The first-order valence-electron chi connectivity index (χ1n) is 11.7. The highest BCUT2D eigenvalue weighted by molar-refractivity contribution is 7.16. The van der Waals surface area contributed by atoms with Gasteiger partial charge in [0.1, 0.15) is 22.2 Å². The smallest absolute Gasteiger partial charge is 0.259 e. The minimum absolute atomic E-state index is 0.178. The van der Waals surface area contributed by atoms with E-state index in [9.17, 15) is 4.79 Å². The molecule has 2 aromatic carbocycles. The van der Waals surface area contributed by atoms with E-state index < -0.39 is 0 Å². The lowest BCUT2D eigenvalue weighted by Crippen LogP contribution is -2.17. The van der Waals surface area contributed by atoms with Crippen LogP contribution in [-0.4, -0.2) is 41.5 Å². The molecule has 1 aliphatic rings. The molecule has 1 heterocycles. The summed E-state index contributed by atoms with van der Waals surface area (Å²) in [7, 11) is 7.98. The van der Waals surface area contributed by atoms with E-state index in [1.165, 1.54) is 4.88 Å². The van der Waals surface area contributed by atoms with Crippen molar-refractivity contribution in [3.05, 3.63) is 51.9 Å². The number of carbonyl (C=O) groups is 1. The summed E-state index contributed by atoms with van der Waals surface area (Å²) < 4.78 is 27.3. The second-order valence-corrected chi connectivity index (χ2v) is 9.41. The Balaban J connectivity index is 1.66. The summed E-state index contributed by atoms with van der Waals surface area (Å²) in [5, 5.41) is 7.37. The van der Waals surface area contributed by atoms with Gasteiger partial charge in [0.25, 0.3) is 5.91 Å². The van der Waals surface area contributed by atoms with Gasteiger partial charge in [-0.2, -0.15) is 0 Å². The van der Waals surface area contributed by atoms with Crippen molar-refractivity contribution < 1.29 is 28.5 Å². The summed E-state index contributed by atoms with van der Waals surface area (Å²) in [6, 6.07) is 9.03. The number of aryl methyl sites for hydroxylation is 1. The van der Waals surface area contributed by atoms with E-state index in [2.05, 4.69) is 10.6 Å². The first-order chi connectivity index (χ1) is 17.5. The predicted octanol–water partition coefficient (Wildman–Crippen LogP) is 5.53. The van der Waals surface area contributed by atoms with Gasteiger partial charge in [-0.15, -0.1) is 11.3 Å². The third kappa shape index (κ3) is 5.16. The maximum atomic E-state index is 13.7. The molecule has 0 aliphatic heterocycles. The molecule has 9 heteroatoms. The molecule has 8 nitrogen and oxygen atoms in total. The van der Waals surface area contributed by atoms with Crippen LogP contribution < -0.4 is 34.3 Å². The van der Waals surface area contributed by atoms with Crippen molar-refractivity contribution in [2.75, 3.05) is 46.2 Å². The minimum Gasteiger partial charge on any atom is -0.497 e. The summed E-state index contributed by atoms with van der Waals surface area (Å²) in [6.07, 6.45) is 4.05. The van der Waals surface area contributed by atoms with Crippen molar-refractivity contribution in [1.82, 2.24) is 0 Å². The summed E-state index contributed by atoms with van der Waals surface area (Å²) >= 11 is 1.64. The third-order valence-electron chi connectivity index (χ3n) is 6.28. The van der Waals surface area contributed by atoms with Crippen molar-refractivity contribution >= 4 is 27.9 Å². The molecule has 0 atom stereocenters. The van der Waals surface area contributed by atoms with E-state index in [4.69, 9.17) is 23.7 Å². The number of hydrogen-bond donors (Lipinski definition) is 2. The number of nitrogens with one attached hydrogen (secondary N) is 2. The predicted molar refractivity (Wildman–Crippen MR) is 142 cm³/mol. The van der Waals surface area contributed by atoms with Crippen LogP contribution in [-0.2, 0) is 19.4 Å². The van der Waals surface area contributed by atoms with Crippen molar-refractivity contribution in [3.8, 4) is 28.7 Å². The molecule has 0 radical (unpaired) electrons. The normalized spacial score (nSPS) is 12.4. The fourth-order valence-electron chi connectivity index (χ4n) is 4.43. The molecule has 1 amide bonds. The first kappa shape index (κ1) is 25.5. The summed E-state index contributed by atoms with van der Waals surface area (Å²) in [5.74, 6) is 2.91. The second kappa shape index (κ2) is 11.4. The lowest BCUT2D eigenvalue weighted by atomic mass is 9.95. The van der Waals surface area contributed by atoms with Crippen molar-refractivity contribution in [1.29, 1.82) is 0 Å². The van der Waals surface area contributed by atoms with E-state index in [-0.39, 0.29) is 5.91 Å². The van der Waals surface area contributed by atoms with Gasteiger partial charge in [0.05, 0.1) is 46.8 Å². The topological polar surface area (TPSA) is 87.3 Å². The maximum Gasteiger partial charge on any atom is 0.259 e. The molecule has 0 fully saturated rings. The highest BCUT2D eigenvalue weighted by atomic mass is 32.1. The Hall–Kier alpha value is -3.59. The number of thiophene rings is 1. The Morgan fingerprint density at radius 3 is 2.22 bits per heavy atom. The Labute approximate surface area is 215 Å². The molecule has 1 aliphatic carbocycles. The van der Waals surface area contributed by atoms with Gasteiger partial charge >= 0.3 is 0 Å². The van der Waals surface area contributed by atoms with Crippen molar-refractivity contribution in [3.63, 3.8) is 0 Å². The largest absolute Gasteiger partial charge is 0.497 e. The summed E-state index contributed by atoms with van der Waals surface area (Å²) in [5.41, 5.74) is 3.25. The Bertz CT molecular complexity index is 1240. The van der Waals surface area contributed by atoms with E-state index >= 15 is 0 Å². The average Bonchev–Trinajstić information content (AvgIpc) is 3.29. The zero-order chi connectivity index (χ0) is 25.7.